The normalized spacial score (nSPS) is 17.7. The van der Waals surface area contributed by atoms with Gasteiger partial charge in [0.2, 0.25) is 19.7 Å². The van der Waals surface area contributed by atoms with Crippen molar-refractivity contribution in [1.29, 1.82) is 0 Å². The van der Waals surface area contributed by atoms with E-state index < -0.39 is 35.4 Å². The number of alkyl halides is 1. The van der Waals surface area contributed by atoms with E-state index in [0.29, 0.717) is 13.2 Å². The van der Waals surface area contributed by atoms with Crippen LogP contribution in [0, 0.1) is 5.92 Å². The summed E-state index contributed by atoms with van der Waals surface area (Å²) in [6.45, 7) is 2.42. The van der Waals surface area contributed by atoms with E-state index in [-0.39, 0.29) is 16.2 Å². The number of ether oxygens (including phenoxy) is 2. The van der Waals surface area contributed by atoms with E-state index in [1.807, 2.05) is 0 Å². The third kappa shape index (κ3) is 4.09. The third-order valence-corrected chi connectivity index (χ3v) is 11.8. The van der Waals surface area contributed by atoms with Crippen LogP contribution >= 0.6 is 11.6 Å². The Kier molecular flexibility index (Phi) is 6.70. The lowest BCUT2D eigenvalue weighted by atomic mass is 10.1. The van der Waals surface area contributed by atoms with Gasteiger partial charge in [0.1, 0.15) is 0 Å². The molecular formula is C20H23ClO6S2. The summed E-state index contributed by atoms with van der Waals surface area (Å²) in [6, 6.07) is 14.8. The van der Waals surface area contributed by atoms with Crippen LogP contribution < -0.4 is 0 Å². The first-order chi connectivity index (χ1) is 13.7. The molecule has 0 aromatic heterocycles. The van der Waals surface area contributed by atoms with Gasteiger partial charge in [-0.05, 0) is 30.7 Å². The highest BCUT2D eigenvalue weighted by molar-refractivity contribution is 8.12. The molecule has 6 nitrogen and oxygen atoms in total. The van der Waals surface area contributed by atoms with E-state index in [0.717, 1.165) is 6.42 Å². The second-order valence-electron chi connectivity index (χ2n) is 6.88. The van der Waals surface area contributed by atoms with Crippen LogP contribution in [0.3, 0.4) is 0 Å². The zero-order valence-corrected chi connectivity index (χ0v) is 18.3. The summed E-state index contributed by atoms with van der Waals surface area (Å²) in [5.74, 6) is -1.03. The van der Waals surface area contributed by atoms with Crippen molar-refractivity contribution in [3.05, 3.63) is 60.7 Å². The van der Waals surface area contributed by atoms with Crippen LogP contribution in [-0.4, -0.2) is 39.9 Å². The fourth-order valence-corrected chi connectivity index (χ4v) is 8.58. The number of rotatable bonds is 7. The Bertz CT molecular complexity index is 948. The van der Waals surface area contributed by atoms with Crippen molar-refractivity contribution < 1.29 is 26.3 Å². The van der Waals surface area contributed by atoms with Crippen molar-refractivity contribution in [1.82, 2.24) is 0 Å². The standard InChI is InChI=1S/C20H23ClO6S2/c1-16(15-19-26-13-8-14-27-19)20(21,28(22,23)17-9-4-2-5-10-17)29(24,25)18-11-6-3-7-12-18/h2-7,9-12,16,19H,8,13-15H2,1H3/t16-/m1/s1. The molecule has 29 heavy (non-hydrogen) atoms. The monoisotopic (exact) mass is 458 g/mol. The highest BCUT2D eigenvalue weighted by Gasteiger charge is 2.59. The summed E-state index contributed by atoms with van der Waals surface area (Å²) < 4.78 is 62.6. The summed E-state index contributed by atoms with van der Waals surface area (Å²) in [4.78, 5) is -0.321. The number of hydrogen-bond donors (Lipinski definition) is 0. The molecule has 1 aliphatic heterocycles. The molecule has 0 unspecified atom stereocenters. The Morgan fingerprint density at radius 1 is 0.897 bits per heavy atom. The van der Waals surface area contributed by atoms with Gasteiger partial charge in [-0.15, -0.1) is 0 Å². The fourth-order valence-electron chi connectivity index (χ4n) is 3.30. The molecule has 0 amide bonds. The Balaban J connectivity index is 2.13. The van der Waals surface area contributed by atoms with Crippen molar-refractivity contribution in [2.75, 3.05) is 13.2 Å². The molecule has 0 N–H and O–H groups in total. The molecule has 0 bridgehead atoms. The average Bonchev–Trinajstić information content (AvgIpc) is 2.74. The Morgan fingerprint density at radius 3 is 1.72 bits per heavy atom. The minimum absolute atomic E-state index is 0.0155. The minimum Gasteiger partial charge on any atom is -0.353 e. The molecule has 0 aliphatic carbocycles. The fraction of sp³-hybridized carbons (Fsp3) is 0.400. The number of halogens is 1. The summed E-state index contributed by atoms with van der Waals surface area (Å²) in [7, 11) is -8.98. The van der Waals surface area contributed by atoms with Gasteiger partial charge in [0, 0.05) is 12.3 Å². The van der Waals surface area contributed by atoms with Gasteiger partial charge in [0.25, 0.3) is 3.54 Å². The van der Waals surface area contributed by atoms with Crippen molar-refractivity contribution >= 4 is 31.3 Å². The van der Waals surface area contributed by atoms with Crippen molar-refractivity contribution in [2.45, 2.75) is 39.4 Å². The van der Waals surface area contributed by atoms with Gasteiger partial charge in [-0.3, -0.25) is 0 Å². The first-order valence-corrected chi connectivity index (χ1v) is 12.6. The van der Waals surface area contributed by atoms with Gasteiger partial charge in [0.15, 0.2) is 6.29 Å². The number of hydrogen-bond acceptors (Lipinski definition) is 6. The molecule has 3 rings (SSSR count). The molecule has 1 saturated heterocycles. The van der Waals surface area contributed by atoms with Gasteiger partial charge in [0.05, 0.1) is 23.0 Å². The molecule has 2 aromatic carbocycles. The Morgan fingerprint density at radius 2 is 1.31 bits per heavy atom. The second kappa shape index (κ2) is 8.73. The van der Waals surface area contributed by atoms with Gasteiger partial charge in [-0.2, -0.15) is 0 Å². The zero-order chi connectivity index (χ0) is 21.1. The first-order valence-electron chi connectivity index (χ1n) is 9.22. The quantitative estimate of drug-likeness (QED) is 0.589. The van der Waals surface area contributed by atoms with Crippen LogP contribution in [0.5, 0.6) is 0 Å². The van der Waals surface area contributed by atoms with E-state index in [2.05, 4.69) is 0 Å². The second-order valence-corrected chi connectivity index (χ2v) is 12.4. The van der Waals surface area contributed by atoms with Crippen LogP contribution in [0.4, 0.5) is 0 Å². The summed E-state index contributed by atoms with van der Waals surface area (Å²) in [5.41, 5.74) is 0. The summed E-state index contributed by atoms with van der Waals surface area (Å²) >= 11 is 6.67. The lowest BCUT2D eigenvalue weighted by Crippen LogP contribution is -2.48. The molecule has 1 aliphatic rings. The van der Waals surface area contributed by atoms with E-state index in [1.165, 1.54) is 55.5 Å². The van der Waals surface area contributed by atoms with Crippen LogP contribution in [0.25, 0.3) is 0 Å². The maximum absolute atomic E-state index is 13.6. The summed E-state index contributed by atoms with van der Waals surface area (Å²) in [5, 5.41) is 0. The van der Waals surface area contributed by atoms with Gasteiger partial charge < -0.3 is 9.47 Å². The molecule has 1 heterocycles. The van der Waals surface area contributed by atoms with Gasteiger partial charge in [-0.1, -0.05) is 54.9 Å². The summed E-state index contributed by atoms with van der Waals surface area (Å²) in [6.07, 6.45) is 0.0252. The lowest BCUT2D eigenvalue weighted by molar-refractivity contribution is -0.185. The minimum atomic E-state index is -4.49. The molecule has 1 atom stereocenters. The number of sulfone groups is 2. The van der Waals surface area contributed by atoms with E-state index in [4.69, 9.17) is 21.1 Å². The largest absolute Gasteiger partial charge is 0.353 e. The maximum atomic E-state index is 13.6. The van der Waals surface area contributed by atoms with Crippen LogP contribution in [0.1, 0.15) is 19.8 Å². The van der Waals surface area contributed by atoms with Crippen LogP contribution in [0.15, 0.2) is 70.5 Å². The van der Waals surface area contributed by atoms with E-state index >= 15 is 0 Å². The highest BCUT2D eigenvalue weighted by atomic mass is 35.5. The van der Waals surface area contributed by atoms with Crippen LogP contribution in [0.2, 0.25) is 0 Å². The zero-order valence-electron chi connectivity index (χ0n) is 15.9. The van der Waals surface area contributed by atoms with E-state index in [1.54, 1.807) is 12.1 Å². The topological polar surface area (TPSA) is 86.7 Å². The van der Waals surface area contributed by atoms with Gasteiger partial charge in [-0.25, -0.2) is 16.8 Å². The Labute approximate surface area is 176 Å². The molecule has 0 saturated carbocycles. The van der Waals surface area contributed by atoms with Crippen molar-refractivity contribution in [2.24, 2.45) is 5.92 Å². The SMILES string of the molecule is C[C@H](CC1OCCCO1)C(Cl)(S(=O)(=O)c1ccccc1)S(=O)(=O)c1ccccc1. The molecule has 2 aromatic rings. The molecule has 9 heteroatoms. The van der Waals surface area contributed by atoms with Crippen molar-refractivity contribution in [3.63, 3.8) is 0 Å². The molecule has 1 fully saturated rings. The molecule has 0 spiro atoms. The molecular weight excluding hydrogens is 436 g/mol. The predicted octanol–water partition coefficient (Wildman–Crippen LogP) is 3.62. The molecule has 158 valence electrons. The first kappa shape index (κ1) is 22.2. The lowest BCUT2D eigenvalue weighted by Gasteiger charge is -2.35. The van der Waals surface area contributed by atoms with E-state index in [9.17, 15) is 16.8 Å². The molecule has 0 radical (unpaired) electrons. The third-order valence-electron chi connectivity index (χ3n) is 4.87. The van der Waals surface area contributed by atoms with Crippen LogP contribution in [-0.2, 0) is 29.1 Å². The smallest absolute Gasteiger partial charge is 0.256 e. The Hall–Kier alpha value is -1.45. The highest BCUT2D eigenvalue weighted by Crippen LogP contribution is 2.46. The number of benzene rings is 2. The maximum Gasteiger partial charge on any atom is 0.256 e. The van der Waals surface area contributed by atoms with Gasteiger partial charge >= 0.3 is 0 Å². The predicted molar refractivity (Wildman–Crippen MR) is 110 cm³/mol. The van der Waals surface area contributed by atoms with Crippen molar-refractivity contribution in [3.8, 4) is 0 Å². The average molecular weight is 459 g/mol.